The first-order chi connectivity index (χ1) is 23.4. The molecule has 1 aliphatic heterocycles. The van der Waals surface area contributed by atoms with Gasteiger partial charge in [0.05, 0.1) is 25.2 Å². The first-order valence-corrected chi connectivity index (χ1v) is 15.3. The van der Waals surface area contributed by atoms with Crippen LogP contribution in [-0.4, -0.2) is 109 Å². The number of ketones is 3. The fourth-order valence-corrected chi connectivity index (χ4v) is 4.82. The summed E-state index contributed by atoms with van der Waals surface area (Å²) < 4.78 is 4.47. The van der Waals surface area contributed by atoms with Crippen LogP contribution in [0.2, 0.25) is 0 Å². The van der Waals surface area contributed by atoms with Crippen LogP contribution in [0.5, 0.6) is 0 Å². The second kappa shape index (κ2) is 24.1. The molecule has 266 valence electrons. The molecular formula is C35H41NaO14. The van der Waals surface area contributed by atoms with Crippen LogP contribution in [0.25, 0.3) is 0 Å². The zero-order chi connectivity index (χ0) is 36.3. The van der Waals surface area contributed by atoms with Crippen molar-refractivity contribution in [2.24, 2.45) is 5.92 Å². The minimum atomic E-state index is -1.41. The van der Waals surface area contributed by atoms with E-state index in [1.807, 2.05) is 18.2 Å². The van der Waals surface area contributed by atoms with E-state index in [0.29, 0.717) is 29.5 Å². The number of carbonyl (C=O) groups excluding carboxylic acids is 4. The molecule has 15 heteroatoms. The fraction of sp³-hybridized carbons (Fsp3) is 0.371. The van der Waals surface area contributed by atoms with Gasteiger partial charge >= 0.3 is 29.6 Å². The molecule has 50 heavy (non-hydrogen) atoms. The average Bonchev–Trinajstić information content (AvgIpc) is 3.14. The van der Waals surface area contributed by atoms with Crippen LogP contribution in [0.15, 0.2) is 91.0 Å². The fourth-order valence-electron chi connectivity index (χ4n) is 4.82. The van der Waals surface area contributed by atoms with E-state index in [9.17, 15) is 29.7 Å². The van der Waals surface area contributed by atoms with Gasteiger partial charge in [-0.15, -0.1) is 0 Å². The minimum Gasteiger partial charge on any atom is -0.662 e. The van der Waals surface area contributed by atoms with Gasteiger partial charge < -0.3 is 50.6 Å². The molecule has 1 saturated heterocycles. The Balaban J connectivity index is 0.000000364. The summed E-state index contributed by atoms with van der Waals surface area (Å²) in [4.78, 5) is 46.9. The molecule has 1 heterocycles. The SMILES string of the molecule is O=C(CC(=O)c1ccccc1)c1ccccc1.O=C(C[C@@H]1CC[C@@H](O)[C@H](O)[C@H]1O)c1ccccc1.O=CO[O-].O[C@@H]1[C@@H](O)[C@@H](O)OC[C@H]1O.[Na+]. The summed E-state index contributed by atoms with van der Waals surface area (Å²) in [6.45, 7) is -0.334. The number of carbonyl (C=O) groups is 4. The Bertz CT molecular complexity index is 1350. The van der Waals surface area contributed by atoms with Gasteiger partial charge in [0, 0.05) is 23.1 Å². The molecular weight excluding hydrogens is 667 g/mol. The van der Waals surface area contributed by atoms with E-state index in [0.717, 1.165) is 0 Å². The topological polar surface area (TPSA) is 251 Å². The second-order valence-corrected chi connectivity index (χ2v) is 11.1. The quantitative estimate of drug-likeness (QED) is 0.0303. The molecule has 3 aromatic carbocycles. The standard InChI is InChI=1S/C15H12O2.C14H18O4.C5H10O5.CH2O3.Na/c16-14(12-7-3-1-4-8-12)11-15(17)13-9-5-2-6-10-13;15-11-7-6-10(13(17)14(11)18)8-12(16)9-4-2-1-3-5-9;6-2-1-10-5(9)4(8)3(2)7;2-1-4-3;/h1-10H,11H2;1-5,10-11,13-15,17-18H,6-8H2;2-9H,1H2;1,3H;/q;;;;+1/p-1/t;10-,11+,13-,14-;2-,3+,4-,5+;;/m.01../s1. The minimum absolute atomic E-state index is 0. The summed E-state index contributed by atoms with van der Waals surface area (Å²) in [6, 6.07) is 26.7. The molecule has 3 aromatic rings. The van der Waals surface area contributed by atoms with Crippen LogP contribution in [0, 0.1) is 5.92 Å². The molecule has 5 rings (SSSR count). The van der Waals surface area contributed by atoms with Crippen LogP contribution in [0.1, 0.15) is 56.8 Å². The van der Waals surface area contributed by atoms with Gasteiger partial charge in [-0.05, 0) is 18.8 Å². The molecule has 7 N–H and O–H groups in total. The van der Waals surface area contributed by atoms with Gasteiger partial charge in [-0.25, -0.2) is 0 Å². The van der Waals surface area contributed by atoms with Crippen LogP contribution < -0.4 is 34.8 Å². The van der Waals surface area contributed by atoms with E-state index >= 15 is 0 Å². The van der Waals surface area contributed by atoms with Crippen LogP contribution >= 0.6 is 0 Å². The van der Waals surface area contributed by atoms with Gasteiger partial charge in [0.15, 0.2) is 23.6 Å². The van der Waals surface area contributed by atoms with E-state index in [1.165, 1.54) is 0 Å². The number of ether oxygens (including phenoxy) is 1. The van der Waals surface area contributed by atoms with Crippen molar-refractivity contribution in [3.63, 3.8) is 0 Å². The zero-order valence-electron chi connectivity index (χ0n) is 27.4. The summed E-state index contributed by atoms with van der Waals surface area (Å²) in [5, 5.41) is 72.5. The van der Waals surface area contributed by atoms with E-state index < -0.39 is 42.9 Å². The Morgan fingerprint density at radius 3 is 1.44 bits per heavy atom. The van der Waals surface area contributed by atoms with Crippen LogP contribution in [0.3, 0.4) is 0 Å². The molecule has 0 bridgehead atoms. The predicted octanol–water partition coefficient (Wildman–Crippen LogP) is -3.25. The van der Waals surface area contributed by atoms with Crippen molar-refractivity contribution in [1.29, 1.82) is 0 Å². The molecule has 14 nitrogen and oxygen atoms in total. The van der Waals surface area contributed by atoms with Crippen LogP contribution in [-0.2, 0) is 14.4 Å². The third-order valence-electron chi connectivity index (χ3n) is 7.63. The van der Waals surface area contributed by atoms with Gasteiger partial charge in [-0.3, -0.25) is 19.2 Å². The van der Waals surface area contributed by atoms with Gasteiger partial charge in [0.25, 0.3) is 6.47 Å². The first kappa shape index (κ1) is 44.8. The monoisotopic (exact) mass is 708 g/mol. The normalized spacial score (nSPS) is 25.2. The molecule has 0 radical (unpaired) electrons. The molecule has 2 fully saturated rings. The van der Waals surface area contributed by atoms with Crippen molar-refractivity contribution in [1.82, 2.24) is 0 Å². The summed E-state index contributed by atoms with van der Waals surface area (Å²) in [7, 11) is 0. The molecule has 0 spiro atoms. The molecule has 0 amide bonds. The first-order valence-electron chi connectivity index (χ1n) is 15.3. The summed E-state index contributed by atoms with van der Waals surface area (Å²) in [5.41, 5.74) is 1.78. The van der Waals surface area contributed by atoms with Gasteiger partial charge in [0.1, 0.15) is 24.4 Å². The molecule has 1 aliphatic carbocycles. The van der Waals surface area contributed by atoms with Gasteiger partial charge in [-0.1, -0.05) is 91.0 Å². The smallest absolute Gasteiger partial charge is 0.662 e. The van der Waals surface area contributed by atoms with Crippen molar-refractivity contribution >= 4 is 23.8 Å². The average molecular weight is 709 g/mol. The summed E-state index contributed by atoms with van der Waals surface area (Å²) >= 11 is 0. The van der Waals surface area contributed by atoms with E-state index in [2.05, 4.69) is 9.62 Å². The van der Waals surface area contributed by atoms with E-state index in [-0.39, 0.29) is 78.7 Å². The van der Waals surface area contributed by atoms with Crippen molar-refractivity contribution < 1.29 is 99.4 Å². The number of hydrogen-bond donors (Lipinski definition) is 7. The molecule has 0 aromatic heterocycles. The molecule has 2 aliphatic rings. The van der Waals surface area contributed by atoms with E-state index in [4.69, 9.17) is 30.5 Å². The zero-order valence-corrected chi connectivity index (χ0v) is 29.4. The van der Waals surface area contributed by atoms with Crippen LogP contribution in [0.4, 0.5) is 0 Å². The summed E-state index contributed by atoms with van der Waals surface area (Å²) in [5.74, 6) is -0.599. The Kier molecular flexibility index (Phi) is 21.6. The van der Waals surface area contributed by atoms with Crippen molar-refractivity contribution in [3.05, 3.63) is 108 Å². The summed E-state index contributed by atoms with van der Waals surface area (Å²) in [6.07, 6.45) is -7.19. The molecule has 0 unspecified atom stereocenters. The molecule has 8 atom stereocenters. The Morgan fingerprint density at radius 2 is 1.04 bits per heavy atom. The maximum Gasteiger partial charge on any atom is 1.00 e. The number of benzene rings is 3. The Morgan fingerprint density at radius 1 is 0.640 bits per heavy atom. The molecule has 1 saturated carbocycles. The number of Topliss-reactive ketones (excluding diaryl/α,β-unsaturated/α-hetero) is 3. The Labute approximate surface area is 310 Å². The number of hydrogen-bond acceptors (Lipinski definition) is 14. The third kappa shape index (κ3) is 14.9. The van der Waals surface area contributed by atoms with Gasteiger partial charge in [-0.2, -0.15) is 0 Å². The van der Waals surface area contributed by atoms with Crippen molar-refractivity contribution in [3.8, 4) is 0 Å². The van der Waals surface area contributed by atoms with Gasteiger partial charge in [0.2, 0.25) is 0 Å². The number of aliphatic hydroxyl groups excluding tert-OH is 7. The maximum atomic E-state index is 12.0. The Hall–Kier alpha value is -3.22. The number of rotatable bonds is 8. The van der Waals surface area contributed by atoms with Crippen molar-refractivity contribution in [2.45, 2.75) is 68.6 Å². The maximum absolute atomic E-state index is 12.0. The third-order valence-corrected chi connectivity index (χ3v) is 7.63. The van der Waals surface area contributed by atoms with Crippen molar-refractivity contribution in [2.75, 3.05) is 6.61 Å². The predicted molar refractivity (Wildman–Crippen MR) is 169 cm³/mol. The number of aliphatic hydroxyl groups is 7. The largest absolute Gasteiger partial charge is 1.00 e. The second-order valence-electron chi connectivity index (χ2n) is 11.1. The van der Waals surface area contributed by atoms with E-state index in [1.54, 1.807) is 72.8 Å².